The van der Waals surface area contributed by atoms with Gasteiger partial charge in [0.1, 0.15) is 0 Å². The minimum absolute atomic E-state index is 0.0822. The van der Waals surface area contributed by atoms with Crippen LogP contribution >= 0.6 is 0 Å². The molecule has 0 aromatic rings. The van der Waals surface area contributed by atoms with Crippen LogP contribution in [0.2, 0.25) is 0 Å². The molecular formula is C15H30O5S. The van der Waals surface area contributed by atoms with E-state index in [2.05, 4.69) is 6.92 Å². The number of hydrogen-bond donors (Lipinski definition) is 0. The standard InChI is InChI=1S/C15H30O5S/c1-3-4-5-9-14(10-8-13-19-21(2,16)17)20-15-11-6-7-12-18-15/h14-15H,3-13H2,1-2H3/t14-,15?/m1/s1. The lowest BCUT2D eigenvalue weighted by atomic mass is 10.1. The second kappa shape index (κ2) is 10.5. The van der Waals surface area contributed by atoms with E-state index < -0.39 is 10.1 Å². The van der Waals surface area contributed by atoms with Crippen molar-refractivity contribution in [2.45, 2.75) is 77.1 Å². The van der Waals surface area contributed by atoms with Crippen LogP contribution in [0.1, 0.15) is 64.7 Å². The summed E-state index contributed by atoms with van der Waals surface area (Å²) in [6.07, 6.45) is 10.4. The molecule has 0 spiro atoms. The molecule has 5 nitrogen and oxygen atoms in total. The Balaban J connectivity index is 2.28. The van der Waals surface area contributed by atoms with Gasteiger partial charge in [0.25, 0.3) is 10.1 Å². The maximum absolute atomic E-state index is 10.9. The molecule has 0 aromatic carbocycles. The molecule has 1 aliphatic rings. The molecular weight excluding hydrogens is 292 g/mol. The van der Waals surface area contributed by atoms with E-state index in [1.165, 1.54) is 12.8 Å². The van der Waals surface area contributed by atoms with Crippen molar-refractivity contribution in [1.82, 2.24) is 0 Å². The third-order valence-corrected chi connectivity index (χ3v) is 4.17. The van der Waals surface area contributed by atoms with Crippen molar-refractivity contribution in [3.05, 3.63) is 0 Å². The average molecular weight is 322 g/mol. The van der Waals surface area contributed by atoms with Gasteiger partial charge in [-0.3, -0.25) is 4.18 Å². The summed E-state index contributed by atoms with van der Waals surface area (Å²) in [5.74, 6) is 0. The maximum Gasteiger partial charge on any atom is 0.264 e. The highest BCUT2D eigenvalue weighted by Gasteiger charge is 2.19. The first-order valence-electron chi connectivity index (χ1n) is 8.12. The van der Waals surface area contributed by atoms with Gasteiger partial charge in [-0.05, 0) is 38.5 Å². The fourth-order valence-corrected chi connectivity index (χ4v) is 2.88. The summed E-state index contributed by atoms with van der Waals surface area (Å²) in [7, 11) is -3.34. The zero-order chi connectivity index (χ0) is 15.6. The van der Waals surface area contributed by atoms with Crippen LogP contribution in [-0.2, 0) is 23.8 Å². The zero-order valence-electron chi connectivity index (χ0n) is 13.4. The molecule has 1 rings (SSSR count). The monoisotopic (exact) mass is 322 g/mol. The Morgan fingerprint density at radius 1 is 1.19 bits per heavy atom. The Morgan fingerprint density at radius 2 is 1.95 bits per heavy atom. The van der Waals surface area contributed by atoms with Crippen LogP contribution < -0.4 is 0 Å². The summed E-state index contributed by atoms with van der Waals surface area (Å²) in [5.41, 5.74) is 0. The van der Waals surface area contributed by atoms with E-state index in [-0.39, 0.29) is 19.0 Å². The van der Waals surface area contributed by atoms with Crippen molar-refractivity contribution in [3.63, 3.8) is 0 Å². The fraction of sp³-hybridized carbons (Fsp3) is 1.00. The third-order valence-electron chi connectivity index (χ3n) is 3.58. The first-order valence-corrected chi connectivity index (χ1v) is 9.94. The highest BCUT2D eigenvalue weighted by atomic mass is 32.2. The number of ether oxygens (including phenoxy) is 2. The van der Waals surface area contributed by atoms with Crippen molar-refractivity contribution < 1.29 is 22.1 Å². The molecule has 0 radical (unpaired) electrons. The van der Waals surface area contributed by atoms with Gasteiger partial charge in [0.05, 0.1) is 19.0 Å². The van der Waals surface area contributed by atoms with Gasteiger partial charge in [-0.1, -0.05) is 26.2 Å². The topological polar surface area (TPSA) is 61.8 Å². The van der Waals surface area contributed by atoms with Gasteiger partial charge < -0.3 is 9.47 Å². The Hall–Kier alpha value is -0.170. The predicted molar refractivity (Wildman–Crippen MR) is 82.6 cm³/mol. The van der Waals surface area contributed by atoms with Gasteiger partial charge >= 0.3 is 0 Å². The fourth-order valence-electron chi connectivity index (χ4n) is 2.46. The minimum atomic E-state index is -3.34. The van der Waals surface area contributed by atoms with E-state index in [1.807, 2.05) is 0 Å². The third kappa shape index (κ3) is 10.2. The Kier molecular flexibility index (Phi) is 9.47. The van der Waals surface area contributed by atoms with E-state index in [1.54, 1.807) is 0 Å². The summed E-state index contributed by atoms with van der Waals surface area (Å²) in [6.45, 7) is 3.20. The molecule has 1 fully saturated rings. The van der Waals surface area contributed by atoms with Crippen LogP contribution in [0.15, 0.2) is 0 Å². The summed E-state index contributed by atoms with van der Waals surface area (Å²) in [6, 6.07) is 0. The van der Waals surface area contributed by atoms with E-state index >= 15 is 0 Å². The molecule has 0 aromatic heterocycles. The molecule has 2 atom stereocenters. The highest BCUT2D eigenvalue weighted by Crippen LogP contribution is 2.20. The van der Waals surface area contributed by atoms with Gasteiger partial charge in [0, 0.05) is 6.61 Å². The SMILES string of the molecule is CCCCC[C@H](CCCOS(C)(=O)=O)OC1CCCCO1. The van der Waals surface area contributed by atoms with Crippen LogP contribution in [0.5, 0.6) is 0 Å². The first kappa shape index (κ1) is 18.9. The molecule has 21 heavy (non-hydrogen) atoms. The molecule has 0 saturated carbocycles. The van der Waals surface area contributed by atoms with Gasteiger partial charge in [-0.15, -0.1) is 0 Å². The maximum atomic E-state index is 10.9. The molecule has 1 saturated heterocycles. The largest absolute Gasteiger partial charge is 0.353 e. The van der Waals surface area contributed by atoms with Crippen molar-refractivity contribution in [1.29, 1.82) is 0 Å². The Labute approximate surface area is 129 Å². The van der Waals surface area contributed by atoms with Gasteiger partial charge in [-0.2, -0.15) is 8.42 Å². The molecule has 6 heteroatoms. The van der Waals surface area contributed by atoms with Crippen molar-refractivity contribution in [3.8, 4) is 0 Å². The van der Waals surface area contributed by atoms with Crippen LogP contribution in [0.4, 0.5) is 0 Å². The number of hydrogen-bond acceptors (Lipinski definition) is 5. The molecule has 0 aliphatic carbocycles. The summed E-state index contributed by atoms with van der Waals surface area (Å²) < 4.78 is 38.3. The lowest BCUT2D eigenvalue weighted by molar-refractivity contribution is -0.191. The van der Waals surface area contributed by atoms with E-state index in [0.717, 1.165) is 51.4 Å². The van der Waals surface area contributed by atoms with Gasteiger partial charge in [0.2, 0.25) is 0 Å². The Bertz CT molecular complexity index is 349. The van der Waals surface area contributed by atoms with E-state index in [4.69, 9.17) is 13.7 Å². The second-order valence-corrected chi connectivity index (χ2v) is 7.36. The van der Waals surface area contributed by atoms with E-state index in [0.29, 0.717) is 6.42 Å². The molecule has 126 valence electrons. The lowest BCUT2D eigenvalue weighted by Crippen LogP contribution is -2.28. The van der Waals surface area contributed by atoms with Crippen LogP contribution in [-0.4, -0.2) is 40.3 Å². The second-order valence-electron chi connectivity index (χ2n) is 5.72. The molecule has 1 aliphatic heterocycles. The van der Waals surface area contributed by atoms with E-state index in [9.17, 15) is 8.42 Å². The van der Waals surface area contributed by atoms with Crippen molar-refractivity contribution >= 4 is 10.1 Å². The quantitative estimate of drug-likeness (QED) is 0.432. The highest BCUT2D eigenvalue weighted by molar-refractivity contribution is 7.85. The van der Waals surface area contributed by atoms with Gasteiger partial charge in [0.15, 0.2) is 6.29 Å². The Morgan fingerprint density at radius 3 is 2.57 bits per heavy atom. The molecule has 0 bridgehead atoms. The summed E-state index contributed by atoms with van der Waals surface area (Å²) in [4.78, 5) is 0. The number of rotatable bonds is 11. The predicted octanol–water partition coefficient (Wildman–Crippen LogP) is 3.23. The molecule has 0 N–H and O–H groups in total. The zero-order valence-corrected chi connectivity index (χ0v) is 14.2. The lowest BCUT2D eigenvalue weighted by Gasteiger charge is -2.28. The molecule has 1 unspecified atom stereocenters. The summed E-state index contributed by atoms with van der Waals surface area (Å²) >= 11 is 0. The minimum Gasteiger partial charge on any atom is -0.353 e. The first-order chi connectivity index (χ1) is 10.0. The van der Waals surface area contributed by atoms with Crippen molar-refractivity contribution in [2.75, 3.05) is 19.5 Å². The average Bonchev–Trinajstić information content (AvgIpc) is 2.43. The molecule has 1 heterocycles. The smallest absolute Gasteiger partial charge is 0.264 e. The van der Waals surface area contributed by atoms with Crippen LogP contribution in [0.25, 0.3) is 0 Å². The van der Waals surface area contributed by atoms with Gasteiger partial charge in [-0.25, -0.2) is 0 Å². The van der Waals surface area contributed by atoms with Crippen LogP contribution in [0, 0.1) is 0 Å². The molecule has 0 amide bonds. The van der Waals surface area contributed by atoms with Crippen LogP contribution in [0.3, 0.4) is 0 Å². The normalized spacial score (nSPS) is 21.3. The summed E-state index contributed by atoms with van der Waals surface area (Å²) in [5, 5.41) is 0. The number of unbranched alkanes of at least 4 members (excludes halogenated alkanes) is 2. The van der Waals surface area contributed by atoms with Crippen molar-refractivity contribution in [2.24, 2.45) is 0 Å².